The number of benzene rings is 6. The fourth-order valence-corrected chi connectivity index (χ4v) is 14.6. The van der Waals surface area contributed by atoms with E-state index in [1.165, 1.54) is 118 Å². The number of esters is 4. The summed E-state index contributed by atoms with van der Waals surface area (Å²) in [5.41, 5.74) is 4.67. The monoisotopic (exact) mass is 1310 g/mol. The number of halogens is 6. The van der Waals surface area contributed by atoms with Crippen LogP contribution < -0.4 is 18.9 Å². The number of methoxy groups -OCH3 is 8. The van der Waals surface area contributed by atoms with Crippen LogP contribution in [0.2, 0.25) is 0 Å². The third-order valence-electron chi connectivity index (χ3n) is 20.0. The quantitative estimate of drug-likeness (QED) is 0.0582. The minimum atomic E-state index is -0.734. The maximum atomic E-state index is 14.7. The highest BCUT2D eigenvalue weighted by atomic mass is 19.1. The average Bonchev–Trinajstić information content (AvgIpc) is 1.41. The third-order valence-corrected chi connectivity index (χ3v) is 20.0. The lowest BCUT2D eigenvalue weighted by Gasteiger charge is -2.30. The van der Waals surface area contributed by atoms with Gasteiger partial charge in [-0.05, 0) is 203 Å². The molecule has 4 fully saturated rings. The summed E-state index contributed by atoms with van der Waals surface area (Å²) >= 11 is 0. The molecule has 0 aliphatic heterocycles. The van der Waals surface area contributed by atoms with Gasteiger partial charge in [-0.25, -0.2) is 45.5 Å². The van der Waals surface area contributed by atoms with Crippen molar-refractivity contribution in [1.82, 2.24) is 0 Å². The van der Waals surface area contributed by atoms with Gasteiger partial charge in [0.1, 0.15) is 57.9 Å². The average molecular weight is 1310 g/mol. The second-order valence-corrected chi connectivity index (χ2v) is 27.4. The molecule has 0 N–H and O–H groups in total. The van der Waals surface area contributed by atoms with Crippen LogP contribution in [0, 0.1) is 56.6 Å². The molecule has 0 spiro atoms. The normalized spacial score (nSPS) is 19.4. The van der Waals surface area contributed by atoms with Gasteiger partial charge >= 0.3 is 23.9 Å². The van der Waals surface area contributed by atoms with Crippen LogP contribution in [0.1, 0.15) is 220 Å². The molecule has 4 atom stereocenters. The van der Waals surface area contributed by atoms with Gasteiger partial charge in [-0.2, -0.15) is 0 Å². The van der Waals surface area contributed by atoms with Crippen LogP contribution in [-0.4, -0.2) is 80.8 Å². The minimum absolute atomic E-state index is 0.0222. The molecule has 0 aromatic heterocycles. The SMILES string of the molecule is COC(=O)c1cc([C@@H]2CCCC2(C)C)c(-c2cc(OC)ccc2F)cc1F.COC(=O)c1cc([C@@H]2CCCC2(C)C)c(OC)cc1F.COC(=O)c1cc([C@H]2CCCC2(C)C)c(-c2cc(OC)ccc2F)cc1F.COC(=O)c1cc([C@H]2CCCC2(C)C)c(OC)cc1F. The van der Waals surface area contributed by atoms with Crippen LogP contribution in [0.4, 0.5) is 26.3 Å². The van der Waals surface area contributed by atoms with Crippen LogP contribution in [0.3, 0.4) is 0 Å². The summed E-state index contributed by atoms with van der Waals surface area (Å²) in [5, 5.41) is 0. The molecule has 10 rings (SSSR count). The number of hydrogen-bond acceptors (Lipinski definition) is 12. The zero-order valence-corrected chi connectivity index (χ0v) is 57.0. The third kappa shape index (κ3) is 16.0. The van der Waals surface area contributed by atoms with Gasteiger partial charge in [0, 0.05) is 23.3 Å². The molecule has 94 heavy (non-hydrogen) atoms. The maximum absolute atomic E-state index is 14.7. The first kappa shape index (κ1) is 73.4. The summed E-state index contributed by atoms with van der Waals surface area (Å²) in [5.74, 6) is -3.65. The van der Waals surface area contributed by atoms with E-state index in [4.69, 9.17) is 28.4 Å². The van der Waals surface area contributed by atoms with Gasteiger partial charge in [0.15, 0.2) is 0 Å². The smallest absolute Gasteiger partial charge is 0.340 e. The Bertz CT molecular complexity index is 3500. The maximum Gasteiger partial charge on any atom is 0.340 e. The van der Waals surface area contributed by atoms with E-state index in [1.807, 2.05) is 0 Å². The van der Waals surface area contributed by atoms with Crippen LogP contribution in [0.25, 0.3) is 22.3 Å². The molecule has 6 aromatic rings. The molecule has 4 saturated carbocycles. The highest BCUT2D eigenvalue weighted by Crippen LogP contribution is 2.55. The molecule has 0 saturated heterocycles. The predicted octanol–water partition coefficient (Wildman–Crippen LogP) is 19.3. The first-order valence-electron chi connectivity index (χ1n) is 31.8. The van der Waals surface area contributed by atoms with E-state index in [-0.39, 0.29) is 78.7 Å². The van der Waals surface area contributed by atoms with E-state index < -0.39 is 58.8 Å². The van der Waals surface area contributed by atoms with Crippen LogP contribution in [0.5, 0.6) is 23.0 Å². The fourth-order valence-electron chi connectivity index (χ4n) is 14.6. The molecule has 4 aliphatic rings. The lowest BCUT2D eigenvalue weighted by molar-refractivity contribution is 0.0586. The first-order valence-corrected chi connectivity index (χ1v) is 31.8. The van der Waals surface area contributed by atoms with Gasteiger partial charge in [0.05, 0.1) is 79.1 Å². The Morgan fingerprint density at radius 3 is 0.809 bits per heavy atom. The number of carbonyl (C=O) groups excluding carboxylic acids is 4. The molecule has 12 nitrogen and oxygen atoms in total. The lowest BCUT2D eigenvalue weighted by atomic mass is 9.75. The summed E-state index contributed by atoms with van der Waals surface area (Å²) in [6.07, 6.45) is 12.4. The largest absolute Gasteiger partial charge is 0.497 e. The number of rotatable bonds is 14. The van der Waals surface area contributed by atoms with Gasteiger partial charge in [-0.3, -0.25) is 0 Å². The molecule has 0 heterocycles. The molecular formula is C76H90F6O12. The molecule has 0 unspecified atom stereocenters. The summed E-state index contributed by atoms with van der Waals surface area (Å²) in [7, 11) is 11.0. The number of carbonyl (C=O) groups is 4. The fraction of sp³-hybridized carbons (Fsp3) is 0.474. The van der Waals surface area contributed by atoms with Crippen molar-refractivity contribution in [3.05, 3.63) is 164 Å². The van der Waals surface area contributed by atoms with Crippen molar-refractivity contribution in [3.63, 3.8) is 0 Å². The molecule has 0 bridgehead atoms. The van der Waals surface area contributed by atoms with Crippen molar-refractivity contribution < 1.29 is 83.4 Å². The molecule has 0 amide bonds. The van der Waals surface area contributed by atoms with Gasteiger partial charge in [0.2, 0.25) is 0 Å². The Hall–Kier alpha value is -8.02. The molecule has 508 valence electrons. The molecule has 0 radical (unpaired) electrons. The second kappa shape index (κ2) is 30.6. The number of hydrogen-bond donors (Lipinski definition) is 0. The van der Waals surface area contributed by atoms with Crippen molar-refractivity contribution in [1.29, 1.82) is 0 Å². The van der Waals surface area contributed by atoms with Crippen LogP contribution in [0.15, 0.2) is 84.9 Å². The summed E-state index contributed by atoms with van der Waals surface area (Å²) in [4.78, 5) is 47.4. The zero-order valence-electron chi connectivity index (χ0n) is 57.0. The van der Waals surface area contributed by atoms with Gasteiger partial charge in [0.25, 0.3) is 0 Å². The summed E-state index contributed by atoms with van der Waals surface area (Å²) in [6.45, 7) is 17.4. The molecule has 18 heteroatoms. The van der Waals surface area contributed by atoms with Gasteiger partial charge in [-0.1, -0.05) is 81.1 Å². The van der Waals surface area contributed by atoms with Gasteiger partial charge in [-0.15, -0.1) is 0 Å². The molecule has 4 aliphatic carbocycles. The first-order chi connectivity index (χ1) is 44.4. The van der Waals surface area contributed by atoms with E-state index in [0.717, 1.165) is 99.3 Å². The van der Waals surface area contributed by atoms with E-state index in [9.17, 15) is 45.5 Å². The Morgan fingerprint density at radius 1 is 0.319 bits per heavy atom. The standard InChI is InChI=1S/2C22H24F2O3.2C16H21FO3/c2*1-22(2)9-5-6-18(22)15-11-17(21(25)27-4)20(24)12-14(15)16-10-13(26-3)7-8-19(16)23;2*1-16(2)7-5-6-12(16)10-8-11(15(18)20-4)13(17)9-14(10)19-3/h2*7-8,10-12,18H,5-6,9H2,1-4H3;2*8-9,12H,5-7H2,1-4H3/t2*18-;2*12-/m1010/s1. The Balaban J connectivity index is 0.000000179. The van der Waals surface area contributed by atoms with E-state index in [0.29, 0.717) is 34.1 Å². The molecular weight excluding hydrogens is 1220 g/mol. The number of ether oxygens (including phenoxy) is 8. The highest BCUT2D eigenvalue weighted by molar-refractivity contribution is 5.93. The summed E-state index contributed by atoms with van der Waals surface area (Å²) < 4.78 is 126. The zero-order chi connectivity index (χ0) is 69.4. The van der Waals surface area contributed by atoms with Gasteiger partial charge < -0.3 is 37.9 Å². The Morgan fingerprint density at radius 2 is 0.574 bits per heavy atom. The van der Waals surface area contributed by atoms with Crippen LogP contribution in [-0.2, 0) is 18.9 Å². The van der Waals surface area contributed by atoms with Crippen molar-refractivity contribution >= 4 is 23.9 Å². The van der Waals surface area contributed by atoms with Crippen molar-refractivity contribution in [2.45, 2.75) is 156 Å². The van der Waals surface area contributed by atoms with E-state index in [2.05, 4.69) is 64.9 Å². The van der Waals surface area contributed by atoms with Crippen molar-refractivity contribution in [2.75, 3.05) is 56.9 Å². The topological polar surface area (TPSA) is 142 Å². The Kier molecular flexibility index (Phi) is 23.9. The van der Waals surface area contributed by atoms with E-state index in [1.54, 1.807) is 24.3 Å². The predicted molar refractivity (Wildman–Crippen MR) is 349 cm³/mol. The van der Waals surface area contributed by atoms with Crippen LogP contribution >= 0.6 is 0 Å². The Labute approximate surface area is 549 Å². The molecule has 6 aromatic carbocycles. The summed E-state index contributed by atoms with van der Waals surface area (Å²) in [6, 6.07) is 20.1. The van der Waals surface area contributed by atoms with E-state index >= 15 is 0 Å². The second-order valence-electron chi connectivity index (χ2n) is 27.4. The highest BCUT2D eigenvalue weighted by Gasteiger charge is 2.42. The van der Waals surface area contributed by atoms with Crippen molar-refractivity contribution in [2.24, 2.45) is 21.7 Å². The minimum Gasteiger partial charge on any atom is -0.497 e. The van der Waals surface area contributed by atoms with Crippen molar-refractivity contribution in [3.8, 4) is 45.3 Å². The lowest BCUT2D eigenvalue weighted by Crippen LogP contribution is -2.18.